The predicted molar refractivity (Wildman–Crippen MR) is 90.1 cm³/mol. The molecule has 1 aromatic rings. The Bertz CT molecular complexity index is 599. The fourth-order valence-electron chi connectivity index (χ4n) is 1.96. The number of benzene rings is 1. The molecule has 0 unspecified atom stereocenters. The van der Waals surface area contributed by atoms with Crippen LogP contribution in [0.2, 0.25) is 0 Å². The van der Waals surface area contributed by atoms with E-state index >= 15 is 0 Å². The number of aromatic hydroxyl groups is 1. The Morgan fingerprint density at radius 1 is 1.21 bits per heavy atom. The summed E-state index contributed by atoms with van der Waals surface area (Å²) in [5.41, 5.74) is 0.830. The summed E-state index contributed by atoms with van der Waals surface area (Å²) in [5, 5.41) is 23.8. The third-order valence-electron chi connectivity index (χ3n) is 3.37. The maximum atomic E-state index is 11.9. The summed E-state index contributed by atoms with van der Waals surface area (Å²) in [5.74, 6) is -0.257. The number of amides is 2. The van der Waals surface area contributed by atoms with E-state index in [2.05, 4.69) is 10.6 Å². The number of aliphatic hydroxyl groups is 1. The average molecular weight is 336 g/mol. The monoisotopic (exact) mass is 336 g/mol. The number of carbonyl (C=O) groups is 2. The van der Waals surface area contributed by atoms with Crippen molar-refractivity contribution >= 4 is 11.8 Å². The van der Waals surface area contributed by atoms with Gasteiger partial charge < -0.3 is 25.6 Å². The highest BCUT2D eigenvalue weighted by Gasteiger charge is 2.09. The largest absolute Gasteiger partial charge is 0.504 e. The molecule has 0 radical (unpaired) electrons. The highest BCUT2D eigenvalue weighted by Crippen LogP contribution is 2.26. The van der Waals surface area contributed by atoms with Crippen LogP contribution >= 0.6 is 0 Å². The van der Waals surface area contributed by atoms with E-state index in [-0.39, 0.29) is 24.2 Å². The van der Waals surface area contributed by atoms with E-state index in [1.54, 1.807) is 13.0 Å². The number of aliphatic hydroxyl groups excluding tert-OH is 1. The number of phenolic OH excluding ortho intramolecular Hbond substituents is 1. The van der Waals surface area contributed by atoms with Crippen LogP contribution in [0.25, 0.3) is 0 Å². The lowest BCUT2D eigenvalue weighted by Crippen LogP contribution is -2.27. The number of hydrogen-bond donors (Lipinski definition) is 4. The van der Waals surface area contributed by atoms with Crippen molar-refractivity contribution in [3.8, 4) is 11.5 Å². The quantitative estimate of drug-likeness (QED) is 0.397. The zero-order chi connectivity index (χ0) is 17.9. The molecule has 132 valence electrons. The van der Waals surface area contributed by atoms with Crippen molar-refractivity contribution < 1.29 is 24.5 Å². The molecule has 7 heteroatoms. The normalized spacial score (nSPS) is 11.0. The van der Waals surface area contributed by atoms with Crippen LogP contribution < -0.4 is 15.4 Å². The van der Waals surface area contributed by atoms with E-state index in [1.807, 2.05) is 0 Å². The minimum atomic E-state index is -0.279. The summed E-state index contributed by atoms with van der Waals surface area (Å²) in [7, 11) is 1.44. The molecular formula is C17H24N2O5. The molecule has 0 atom stereocenters. The maximum absolute atomic E-state index is 11.9. The summed E-state index contributed by atoms with van der Waals surface area (Å²) in [6, 6.07) is 4.46. The Labute approximate surface area is 141 Å². The summed E-state index contributed by atoms with van der Waals surface area (Å²) in [6.07, 6.45) is 2.86. The molecule has 4 N–H and O–H groups in total. The van der Waals surface area contributed by atoms with E-state index in [0.717, 1.165) is 0 Å². The van der Waals surface area contributed by atoms with Crippen LogP contribution in [0.4, 0.5) is 0 Å². The number of ether oxygens (including phenoxy) is 1. The second-order valence-corrected chi connectivity index (χ2v) is 5.18. The molecule has 0 bridgehead atoms. The van der Waals surface area contributed by atoms with Gasteiger partial charge in [-0.1, -0.05) is 6.08 Å². The van der Waals surface area contributed by atoms with Gasteiger partial charge in [0, 0.05) is 24.2 Å². The lowest BCUT2D eigenvalue weighted by molar-refractivity contribution is -0.117. The molecule has 0 fully saturated rings. The molecule has 2 amide bonds. The van der Waals surface area contributed by atoms with Crippen LogP contribution in [0.15, 0.2) is 29.8 Å². The molecular weight excluding hydrogens is 312 g/mol. The van der Waals surface area contributed by atoms with Crippen molar-refractivity contribution in [1.29, 1.82) is 0 Å². The number of hydrogen-bond acceptors (Lipinski definition) is 5. The first kappa shape index (κ1) is 19.5. The zero-order valence-electron chi connectivity index (χ0n) is 14.0. The Kier molecular flexibility index (Phi) is 8.35. The van der Waals surface area contributed by atoms with Gasteiger partial charge in [0.1, 0.15) is 0 Å². The number of phenols is 1. The number of rotatable bonds is 9. The van der Waals surface area contributed by atoms with Gasteiger partial charge in [-0.3, -0.25) is 9.59 Å². The standard InChI is InChI=1S/C17H24N2O5/c1-12(7-10-20)16(22)18-8-3-4-9-19-17(23)13-5-6-15(24-2)14(21)11-13/h5-7,11,20-21H,3-4,8-10H2,1-2H3,(H,18,22)(H,19,23)/b12-7+. The topological polar surface area (TPSA) is 108 Å². The van der Waals surface area contributed by atoms with E-state index in [4.69, 9.17) is 9.84 Å². The van der Waals surface area contributed by atoms with Crippen molar-refractivity contribution in [3.05, 3.63) is 35.4 Å². The second-order valence-electron chi connectivity index (χ2n) is 5.18. The van der Waals surface area contributed by atoms with Gasteiger partial charge in [-0.05, 0) is 38.0 Å². The van der Waals surface area contributed by atoms with Gasteiger partial charge in [0.15, 0.2) is 11.5 Å². The second kappa shape index (κ2) is 10.3. The molecule has 1 rings (SSSR count). The first-order valence-electron chi connectivity index (χ1n) is 7.70. The van der Waals surface area contributed by atoms with Crippen molar-refractivity contribution in [1.82, 2.24) is 10.6 Å². The molecule has 24 heavy (non-hydrogen) atoms. The van der Waals surface area contributed by atoms with Crippen LogP contribution in [-0.4, -0.2) is 48.8 Å². The van der Waals surface area contributed by atoms with Crippen LogP contribution in [0.3, 0.4) is 0 Å². The molecule has 0 saturated carbocycles. The summed E-state index contributed by atoms with van der Waals surface area (Å²) in [6.45, 7) is 2.43. The lowest BCUT2D eigenvalue weighted by atomic mass is 10.2. The highest BCUT2D eigenvalue weighted by atomic mass is 16.5. The number of methoxy groups -OCH3 is 1. The van der Waals surface area contributed by atoms with Gasteiger partial charge in [-0.15, -0.1) is 0 Å². The first-order chi connectivity index (χ1) is 11.5. The molecule has 0 aliphatic heterocycles. The third kappa shape index (κ3) is 6.29. The summed E-state index contributed by atoms with van der Waals surface area (Å²) < 4.78 is 4.92. The smallest absolute Gasteiger partial charge is 0.251 e. The minimum Gasteiger partial charge on any atom is -0.504 e. The van der Waals surface area contributed by atoms with Crippen LogP contribution in [0, 0.1) is 0 Å². The Balaban J connectivity index is 2.26. The molecule has 0 aliphatic rings. The van der Waals surface area contributed by atoms with Crippen molar-refractivity contribution in [3.63, 3.8) is 0 Å². The van der Waals surface area contributed by atoms with Crippen LogP contribution in [0.5, 0.6) is 11.5 Å². The summed E-state index contributed by atoms with van der Waals surface area (Å²) >= 11 is 0. The van der Waals surface area contributed by atoms with Crippen molar-refractivity contribution in [2.45, 2.75) is 19.8 Å². The first-order valence-corrected chi connectivity index (χ1v) is 7.70. The number of unbranched alkanes of at least 4 members (excludes halogenated alkanes) is 1. The minimum absolute atomic E-state index is 0.0841. The lowest BCUT2D eigenvalue weighted by Gasteiger charge is -2.08. The molecule has 0 spiro atoms. The zero-order valence-corrected chi connectivity index (χ0v) is 14.0. The van der Waals surface area contributed by atoms with Gasteiger partial charge in [0.2, 0.25) is 5.91 Å². The Morgan fingerprint density at radius 2 is 1.88 bits per heavy atom. The van der Waals surface area contributed by atoms with Crippen LogP contribution in [0.1, 0.15) is 30.1 Å². The van der Waals surface area contributed by atoms with Gasteiger partial charge in [0.25, 0.3) is 5.91 Å². The van der Waals surface area contributed by atoms with Crippen LogP contribution in [-0.2, 0) is 4.79 Å². The van der Waals surface area contributed by atoms with E-state index in [0.29, 0.717) is 42.8 Å². The van der Waals surface area contributed by atoms with Gasteiger partial charge >= 0.3 is 0 Å². The molecule has 0 saturated heterocycles. The van der Waals surface area contributed by atoms with E-state index in [9.17, 15) is 14.7 Å². The maximum Gasteiger partial charge on any atom is 0.251 e. The SMILES string of the molecule is COc1ccc(C(=O)NCCCCNC(=O)/C(C)=C/CO)cc1O. The average Bonchev–Trinajstić information content (AvgIpc) is 2.57. The number of carbonyl (C=O) groups excluding carboxylic acids is 2. The van der Waals surface area contributed by atoms with E-state index in [1.165, 1.54) is 25.3 Å². The van der Waals surface area contributed by atoms with Gasteiger partial charge in [-0.25, -0.2) is 0 Å². The van der Waals surface area contributed by atoms with Crippen molar-refractivity contribution in [2.24, 2.45) is 0 Å². The summed E-state index contributed by atoms with van der Waals surface area (Å²) in [4.78, 5) is 23.5. The van der Waals surface area contributed by atoms with Crippen molar-refractivity contribution in [2.75, 3.05) is 26.8 Å². The highest BCUT2D eigenvalue weighted by molar-refractivity contribution is 5.94. The Hall–Kier alpha value is -2.54. The molecule has 7 nitrogen and oxygen atoms in total. The third-order valence-corrected chi connectivity index (χ3v) is 3.37. The fourth-order valence-corrected chi connectivity index (χ4v) is 1.96. The van der Waals surface area contributed by atoms with Gasteiger partial charge in [-0.2, -0.15) is 0 Å². The fraction of sp³-hybridized carbons (Fsp3) is 0.412. The molecule has 0 heterocycles. The number of nitrogens with one attached hydrogen (secondary N) is 2. The molecule has 0 aromatic heterocycles. The Morgan fingerprint density at radius 3 is 2.46 bits per heavy atom. The van der Waals surface area contributed by atoms with Gasteiger partial charge in [0.05, 0.1) is 13.7 Å². The predicted octanol–water partition coefficient (Wildman–Crippen LogP) is 0.966. The van der Waals surface area contributed by atoms with E-state index < -0.39 is 0 Å². The molecule has 0 aliphatic carbocycles. The molecule has 1 aromatic carbocycles.